The molecule has 1 aromatic rings. The van der Waals surface area contributed by atoms with Gasteiger partial charge < -0.3 is 5.32 Å². The van der Waals surface area contributed by atoms with Crippen LogP contribution < -0.4 is 5.32 Å². The molecule has 3 heteroatoms. The minimum atomic E-state index is 0.716. The molecule has 2 rings (SSSR count). The second-order valence-corrected chi connectivity index (χ2v) is 3.41. The molecule has 3 nitrogen and oxygen atoms in total. The minimum absolute atomic E-state index is 0.716. The van der Waals surface area contributed by atoms with E-state index < -0.39 is 0 Å². The molecule has 1 heterocycles. The highest BCUT2D eigenvalue weighted by Gasteiger charge is 2.23. The average molecular weight is 165 g/mol. The zero-order valence-electron chi connectivity index (χ0n) is 7.45. The van der Waals surface area contributed by atoms with Gasteiger partial charge in [-0.2, -0.15) is 5.10 Å². The summed E-state index contributed by atoms with van der Waals surface area (Å²) in [6, 6.07) is 0.716. The van der Waals surface area contributed by atoms with Crippen molar-refractivity contribution >= 4 is 0 Å². The number of hydrogen-bond acceptors (Lipinski definition) is 2. The third-order valence-corrected chi connectivity index (χ3v) is 2.24. The Labute approximate surface area is 72.8 Å². The summed E-state index contributed by atoms with van der Waals surface area (Å²) in [6.45, 7) is 1.04. The summed E-state index contributed by atoms with van der Waals surface area (Å²) >= 11 is 0. The van der Waals surface area contributed by atoms with Crippen molar-refractivity contribution in [2.45, 2.75) is 25.3 Å². The molecule has 1 N–H and O–H groups in total. The van der Waals surface area contributed by atoms with E-state index >= 15 is 0 Å². The van der Waals surface area contributed by atoms with Gasteiger partial charge in [0.05, 0.1) is 12.2 Å². The predicted octanol–water partition coefficient (Wildman–Crippen LogP) is 0.980. The van der Waals surface area contributed by atoms with Crippen LogP contribution in [0.5, 0.6) is 0 Å². The summed E-state index contributed by atoms with van der Waals surface area (Å²) in [4.78, 5) is 0. The van der Waals surface area contributed by atoms with Gasteiger partial charge in [0.1, 0.15) is 0 Å². The fourth-order valence-electron chi connectivity index (χ4n) is 1.31. The van der Waals surface area contributed by atoms with Crippen LogP contribution in [-0.2, 0) is 6.42 Å². The molecule has 0 saturated heterocycles. The van der Waals surface area contributed by atoms with Gasteiger partial charge in [-0.3, -0.25) is 4.68 Å². The van der Waals surface area contributed by atoms with Gasteiger partial charge in [0.2, 0.25) is 0 Å². The molecule has 12 heavy (non-hydrogen) atoms. The van der Waals surface area contributed by atoms with Crippen LogP contribution in [0, 0.1) is 0 Å². The van der Waals surface area contributed by atoms with Gasteiger partial charge in [-0.1, -0.05) is 0 Å². The first kappa shape index (κ1) is 7.80. The summed E-state index contributed by atoms with van der Waals surface area (Å²) in [7, 11) is 1.98. The number of rotatable bonds is 4. The van der Waals surface area contributed by atoms with Crippen molar-refractivity contribution in [1.82, 2.24) is 15.1 Å². The van der Waals surface area contributed by atoms with Crippen molar-refractivity contribution < 1.29 is 0 Å². The second kappa shape index (κ2) is 3.27. The Balaban J connectivity index is 1.93. The van der Waals surface area contributed by atoms with E-state index in [0.29, 0.717) is 6.04 Å². The molecule has 0 radical (unpaired) electrons. The van der Waals surface area contributed by atoms with E-state index in [0.717, 1.165) is 13.0 Å². The van der Waals surface area contributed by atoms with Crippen LogP contribution >= 0.6 is 0 Å². The number of likely N-dealkylation sites (N-methyl/N-ethyl adjacent to an activating group) is 1. The molecule has 0 unspecified atom stereocenters. The minimum Gasteiger partial charge on any atom is -0.319 e. The third-order valence-electron chi connectivity index (χ3n) is 2.24. The van der Waals surface area contributed by atoms with Crippen molar-refractivity contribution in [2.24, 2.45) is 0 Å². The summed E-state index contributed by atoms with van der Waals surface area (Å²) in [5.41, 5.74) is 1.34. The van der Waals surface area contributed by atoms with Gasteiger partial charge in [-0.05, 0) is 38.4 Å². The molecule has 1 aliphatic rings. The smallest absolute Gasteiger partial charge is 0.0522 e. The first-order valence-corrected chi connectivity index (χ1v) is 4.58. The van der Waals surface area contributed by atoms with E-state index in [1.165, 1.54) is 18.4 Å². The second-order valence-electron chi connectivity index (χ2n) is 3.41. The van der Waals surface area contributed by atoms with Crippen LogP contribution in [0.2, 0.25) is 0 Å². The molecule has 1 aliphatic carbocycles. The standard InChI is InChI=1S/C9H15N3/c1-10-5-4-8-6-11-12(7-8)9-2-3-9/h6-7,9-10H,2-5H2,1H3. The highest BCUT2D eigenvalue weighted by Crippen LogP contribution is 2.33. The van der Waals surface area contributed by atoms with E-state index in [1.807, 2.05) is 13.2 Å². The largest absolute Gasteiger partial charge is 0.319 e. The van der Waals surface area contributed by atoms with Gasteiger partial charge >= 0.3 is 0 Å². The molecular weight excluding hydrogens is 150 g/mol. The molecule has 0 spiro atoms. The highest BCUT2D eigenvalue weighted by atomic mass is 15.3. The highest BCUT2D eigenvalue weighted by molar-refractivity contribution is 5.06. The molecule has 0 amide bonds. The van der Waals surface area contributed by atoms with Crippen LogP contribution in [0.4, 0.5) is 0 Å². The van der Waals surface area contributed by atoms with Crippen LogP contribution in [0.3, 0.4) is 0 Å². The normalized spacial score (nSPS) is 16.8. The molecule has 0 aliphatic heterocycles. The summed E-state index contributed by atoms with van der Waals surface area (Å²) in [5, 5.41) is 7.45. The van der Waals surface area contributed by atoms with E-state index in [1.54, 1.807) is 0 Å². The van der Waals surface area contributed by atoms with E-state index in [2.05, 4.69) is 21.3 Å². The molecule has 66 valence electrons. The monoisotopic (exact) mass is 165 g/mol. The van der Waals surface area contributed by atoms with Gasteiger partial charge in [0, 0.05) is 6.20 Å². The zero-order valence-corrected chi connectivity index (χ0v) is 7.45. The maximum Gasteiger partial charge on any atom is 0.0522 e. The number of nitrogens with one attached hydrogen (secondary N) is 1. The number of aromatic nitrogens is 2. The van der Waals surface area contributed by atoms with E-state index in [-0.39, 0.29) is 0 Å². The Hall–Kier alpha value is -0.830. The van der Waals surface area contributed by atoms with Gasteiger partial charge in [0.25, 0.3) is 0 Å². The Bertz CT molecular complexity index is 250. The van der Waals surface area contributed by atoms with Crippen molar-refractivity contribution in [3.05, 3.63) is 18.0 Å². The first-order valence-electron chi connectivity index (χ1n) is 4.58. The lowest BCUT2D eigenvalue weighted by molar-refractivity contribution is 0.640. The quantitative estimate of drug-likeness (QED) is 0.720. The molecule has 0 aromatic carbocycles. The average Bonchev–Trinajstić information content (AvgIpc) is 2.83. The Kier molecular flexibility index (Phi) is 2.13. The summed E-state index contributed by atoms with van der Waals surface area (Å²) in [5.74, 6) is 0. The molecule has 0 bridgehead atoms. The zero-order chi connectivity index (χ0) is 8.39. The SMILES string of the molecule is CNCCc1cnn(C2CC2)c1. The van der Waals surface area contributed by atoms with Crippen LogP contribution in [0.15, 0.2) is 12.4 Å². The van der Waals surface area contributed by atoms with Crippen LogP contribution in [-0.4, -0.2) is 23.4 Å². The summed E-state index contributed by atoms with van der Waals surface area (Å²) in [6.07, 6.45) is 7.87. The predicted molar refractivity (Wildman–Crippen MR) is 48.1 cm³/mol. The first-order chi connectivity index (χ1) is 5.90. The fourth-order valence-corrected chi connectivity index (χ4v) is 1.31. The maximum atomic E-state index is 4.32. The molecule has 1 saturated carbocycles. The van der Waals surface area contributed by atoms with Crippen molar-refractivity contribution in [2.75, 3.05) is 13.6 Å². The molecule has 0 atom stereocenters. The van der Waals surface area contributed by atoms with Gasteiger partial charge in [-0.15, -0.1) is 0 Å². The Morgan fingerprint density at radius 1 is 1.67 bits per heavy atom. The lowest BCUT2D eigenvalue weighted by Gasteiger charge is -1.95. The van der Waals surface area contributed by atoms with Gasteiger partial charge in [0.15, 0.2) is 0 Å². The third kappa shape index (κ3) is 1.67. The Morgan fingerprint density at radius 2 is 2.50 bits per heavy atom. The van der Waals surface area contributed by atoms with E-state index in [4.69, 9.17) is 0 Å². The summed E-state index contributed by atoms with van der Waals surface area (Å²) < 4.78 is 2.10. The van der Waals surface area contributed by atoms with E-state index in [9.17, 15) is 0 Å². The van der Waals surface area contributed by atoms with Crippen LogP contribution in [0.1, 0.15) is 24.4 Å². The van der Waals surface area contributed by atoms with Crippen molar-refractivity contribution in [3.8, 4) is 0 Å². The fraction of sp³-hybridized carbons (Fsp3) is 0.667. The lowest BCUT2D eigenvalue weighted by atomic mass is 10.2. The lowest BCUT2D eigenvalue weighted by Crippen LogP contribution is -2.09. The van der Waals surface area contributed by atoms with Crippen LogP contribution in [0.25, 0.3) is 0 Å². The van der Waals surface area contributed by atoms with Crippen molar-refractivity contribution in [3.63, 3.8) is 0 Å². The topological polar surface area (TPSA) is 29.9 Å². The maximum absolute atomic E-state index is 4.32. The Morgan fingerprint density at radius 3 is 3.17 bits per heavy atom. The molecule has 1 aromatic heterocycles. The number of hydrogen-bond donors (Lipinski definition) is 1. The molecule has 1 fully saturated rings. The van der Waals surface area contributed by atoms with Crippen molar-refractivity contribution in [1.29, 1.82) is 0 Å². The molecular formula is C9H15N3. The number of nitrogens with zero attached hydrogens (tertiary/aromatic N) is 2. The van der Waals surface area contributed by atoms with Gasteiger partial charge in [-0.25, -0.2) is 0 Å².